The molecule has 0 spiro atoms. The summed E-state index contributed by atoms with van der Waals surface area (Å²) in [5, 5.41) is 1.12. The van der Waals surface area contributed by atoms with Crippen LogP contribution in [0.25, 0.3) is 10.9 Å². The predicted molar refractivity (Wildman–Crippen MR) is 74.9 cm³/mol. The summed E-state index contributed by atoms with van der Waals surface area (Å²) in [6.07, 6.45) is 0.450. The molecule has 100 valence electrons. The summed E-state index contributed by atoms with van der Waals surface area (Å²) in [4.78, 5) is 26.8. The highest BCUT2D eigenvalue weighted by Gasteiger charge is 2.19. The van der Waals surface area contributed by atoms with E-state index < -0.39 is 5.97 Å². The number of fused-ring (bicyclic) bond motifs is 1. The largest absolute Gasteiger partial charge is 0.462 e. The fraction of sp³-hybridized carbons (Fsp3) is 0.286. The molecule has 2 rings (SSSR count). The van der Waals surface area contributed by atoms with E-state index in [-0.39, 0.29) is 12.2 Å². The van der Waals surface area contributed by atoms with E-state index in [4.69, 9.17) is 16.3 Å². The number of hydrogen-bond acceptors (Lipinski definition) is 3. The molecular formula is C14H14ClNO3. The number of halogens is 1. The molecule has 0 amide bonds. The first-order valence-electron chi connectivity index (χ1n) is 6.10. The van der Waals surface area contributed by atoms with Gasteiger partial charge in [0.1, 0.15) is 0 Å². The third-order valence-corrected chi connectivity index (χ3v) is 3.14. The Morgan fingerprint density at radius 1 is 1.37 bits per heavy atom. The monoisotopic (exact) mass is 279 g/mol. The van der Waals surface area contributed by atoms with E-state index in [0.717, 1.165) is 0 Å². The molecule has 1 aromatic carbocycles. The van der Waals surface area contributed by atoms with Crippen LogP contribution in [-0.2, 0) is 11.2 Å². The first-order chi connectivity index (χ1) is 9.08. The molecule has 0 saturated heterocycles. The van der Waals surface area contributed by atoms with Crippen LogP contribution in [0.4, 0.5) is 0 Å². The van der Waals surface area contributed by atoms with Crippen molar-refractivity contribution in [1.29, 1.82) is 0 Å². The van der Waals surface area contributed by atoms with E-state index in [1.165, 1.54) is 0 Å². The van der Waals surface area contributed by atoms with Gasteiger partial charge in [-0.3, -0.25) is 4.79 Å². The highest BCUT2D eigenvalue weighted by molar-refractivity contribution is 6.31. The minimum atomic E-state index is -0.488. The lowest BCUT2D eigenvalue weighted by molar-refractivity contribution is 0.0527. The number of aromatic amines is 1. The number of aromatic nitrogens is 1. The van der Waals surface area contributed by atoms with Crippen LogP contribution >= 0.6 is 11.6 Å². The Kier molecular flexibility index (Phi) is 3.90. The quantitative estimate of drug-likeness (QED) is 0.879. The molecule has 0 atom stereocenters. The molecule has 0 unspecified atom stereocenters. The molecule has 1 N–H and O–H groups in total. The van der Waals surface area contributed by atoms with Crippen molar-refractivity contribution in [3.8, 4) is 0 Å². The summed E-state index contributed by atoms with van der Waals surface area (Å²) in [6, 6.07) is 5.01. The SMILES string of the molecule is CCOC(=O)c1c(CC)c(=O)[nH]c2ccc(Cl)cc12. The van der Waals surface area contributed by atoms with E-state index >= 15 is 0 Å². The van der Waals surface area contributed by atoms with Crippen LogP contribution in [0.5, 0.6) is 0 Å². The molecule has 5 heteroatoms. The first kappa shape index (κ1) is 13.6. The third-order valence-electron chi connectivity index (χ3n) is 2.91. The van der Waals surface area contributed by atoms with Gasteiger partial charge in [0, 0.05) is 21.5 Å². The van der Waals surface area contributed by atoms with Crippen molar-refractivity contribution in [2.75, 3.05) is 6.61 Å². The van der Waals surface area contributed by atoms with Gasteiger partial charge < -0.3 is 9.72 Å². The summed E-state index contributed by atoms with van der Waals surface area (Å²) in [7, 11) is 0. The van der Waals surface area contributed by atoms with Crippen LogP contribution in [0.2, 0.25) is 5.02 Å². The summed E-state index contributed by atoms with van der Waals surface area (Å²) in [6.45, 7) is 3.81. The molecular weight excluding hydrogens is 266 g/mol. The van der Waals surface area contributed by atoms with Crippen molar-refractivity contribution in [1.82, 2.24) is 4.98 Å². The molecule has 2 aromatic rings. The van der Waals surface area contributed by atoms with Gasteiger partial charge in [-0.2, -0.15) is 0 Å². The normalized spacial score (nSPS) is 10.7. The van der Waals surface area contributed by atoms with E-state index in [1.807, 2.05) is 6.92 Å². The Morgan fingerprint density at radius 3 is 2.74 bits per heavy atom. The molecule has 0 aliphatic heterocycles. The van der Waals surface area contributed by atoms with Crippen molar-refractivity contribution >= 4 is 28.5 Å². The van der Waals surface area contributed by atoms with Gasteiger partial charge in [-0.15, -0.1) is 0 Å². The molecule has 4 nitrogen and oxygen atoms in total. The second-order valence-corrected chi connectivity index (χ2v) is 4.51. The smallest absolute Gasteiger partial charge is 0.339 e. The lowest BCUT2D eigenvalue weighted by Crippen LogP contribution is -2.20. The van der Waals surface area contributed by atoms with E-state index in [9.17, 15) is 9.59 Å². The molecule has 0 bridgehead atoms. The van der Waals surface area contributed by atoms with Crippen LogP contribution in [0, 0.1) is 0 Å². The van der Waals surface area contributed by atoms with Gasteiger partial charge in [0.25, 0.3) is 5.56 Å². The minimum Gasteiger partial charge on any atom is -0.462 e. The van der Waals surface area contributed by atoms with Crippen LogP contribution in [0.3, 0.4) is 0 Å². The number of H-pyrrole nitrogens is 1. The van der Waals surface area contributed by atoms with Crippen LogP contribution < -0.4 is 5.56 Å². The second kappa shape index (κ2) is 5.45. The number of pyridine rings is 1. The van der Waals surface area contributed by atoms with Crippen molar-refractivity contribution in [2.24, 2.45) is 0 Å². The summed E-state index contributed by atoms with van der Waals surface area (Å²) in [5.41, 5.74) is 1.05. The highest BCUT2D eigenvalue weighted by Crippen LogP contribution is 2.23. The number of carbonyl (C=O) groups excluding carboxylic acids is 1. The molecule has 0 fully saturated rings. The maximum Gasteiger partial charge on any atom is 0.339 e. The van der Waals surface area contributed by atoms with Crippen molar-refractivity contribution < 1.29 is 9.53 Å². The van der Waals surface area contributed by atoms with Crippen molar-refractivity contribution in [3.63, 3.8) is 0 Å². The van der Waals surface area contributed by atoms with Gasteiger partial charge in [0.2, 0.25) is 0 Å². The van der Waals surface area contributed by atoms with Gasteiger partial charge in [0.15, 0.2) is 0 Å². The van der Waals surface area contributed by atoms with E-state index in [0.29, 0.717) is 33.5 Å². The van der Waals surface area contributed by atoms with Gasteiger partial charge in [-0.05, 0) is 31.5 Å². The third kappa shape index (κ3) is 2.49. The topological polar surface area (TPSA) is 59.2 Å². The maximum atomic E-state index is 12.1. The lowest BCUT2D eigenvalue weighted by atomic mass is 10.0. The number of carbonyl (C=O) groups is 1. The average Bonchev–Trinajstić information content (AvgIpc) is 2.38. The summed E-state index contributed by atoms with van der Waals surface area (Å²) in [5.74, 6) is -0.488. The van der Waals surface area contributed by atoms with Gasteiger partial charge in [-0.1, -0.05) is 18.5 Å². The van der Waals surface area contributed by atoms with Crippen LogP contribution in [0.15, 0.2) is 23.0 Å². The Balaban J connectivity index is 2.84. The zero-order valence-electron chi connectivity index (χ0n) is 10.7. The maximum absolute atomic E-state index is 12.1. The van der Waals surface area contributed by atoms with Crippen molar-refractivity contribution in [3.05, 3.63) is 44.7 Å². The molecule has 0 saturated carbocycles. The number of benzene rings is 1. The summed E-state index contributed by atoms with van der Waals surface area (Å²) >= 11 is 5.96. The number of ether oxygens (including phenoxy) is 1. The molecule has 1 heterocycles. The molecule has 0 radical (unpaired) electrons. The fourth-order valence-electron chi connectivity index (χ4n) is 2.08. The zero-order valence-corrected chi connectivity index (χ0v) is 11.5. The number of rotatable bonds is 3. The Morgan fingerprint density at radius 2 is 2.11 bits per heavy atom. The first-order valence-corrected chi connectivity index (χ1v) is 6.47. The zero-order chi connectivity index (χ0) is 14.0. The van der Waals surface area contributed by atoms with E-state index in [2.05, 4.69) is 4.98 Å². The Labute approximate surface area is 115 Å². The van der Waals surface area contributed by atoms with Gasteiger partial charge in [0.05, 0.1) is 12.2 Å². The molecule has 0 aliphatic rings. The molecule has 19 heavy (non-hydrogen) atoms. The number of nitrogens with one attached hydrogen (secondary N) is 1. The number of hydrogen-bond donors (Lipinski definition) is 1. The minimum absolute atomic E-state index is 0.261. The van der Waals surface area contributed by atoms with Crippen LogP contribution in [0.1, 0.15) is 29.8 Å². The Bertz CT molecular complexity index is 691. The lowest BCUT2D eigenvalue weighted by Gasteiger charge is -2.10. The van der Waals surface area contributed by atoms with Crippen LogP contribution in [-0.4, -0.2) is 17.6 Å². The number of esters is 1. The molecule has 0 aliphatic carbocycles. The predicted octanol–water partition coefficient (Wildman–Crippen LogP) is 2.92. The molecule has 1 aromatic heterocycles. The van der Waals surface area contributed by atoms with E-state index in [1.54, 1.807) is 25.1 Å². The van der Waals surface area contributed by atoms with Gasteiger partial charge >= 0.3 is 5.97 Å². The summed E-state index contributed by atoms with van der Waals surface area (Å²) < 4.78 is 5.04. The van der Waals surface area contributed by atoms with Crippen molar-refractivity contribution in [2.45, 2.75) is 20.3 Å². The highest BCUT2D eigenvalue weighted by atomic mass is 35.5. The average molecular weight is 280 g/mol. The second-order valence-electron chi connectivity index (χ2n) is 4.07. The fourth-order valence-corrected chi connectivity index (χ4v) is 2.25. The standard InChI is InChI=1S/C14H14ClNO3/c1-3-9-12(14(18)19-4-2)10-7-8(15)5-6-11(10)16-13(9)17/h5-7H,3-4H2,1-2H3,(H,16,17). The van der Waals surface area contributed by atoms with Gasteiger partial charge in [-0.25, -0.2) is 4.79 Å². The Hall–Kier alpha value is -1.81.